The molecule has 1 saturated heterocycles. The Morgan fingerprint density at radius 3 is 2.45 bits per heavy atom. The zero-order valence-corrected chi connectivity index (χ0v) is 14.9. The van der Waals surface area contributed by atoms with E-state index in [9.17, 15) is 8.42 Å². The van der Waals surface area contributed by atoms with Gasteiger partial charge in [-0.15, -0.1) is 0 Å². The normalized spacial score (nSPS) is 21.1. The van der Waals surface area contributed by atoms with Gasteiger partial charge in [0.25, 0.3) is 0 Å². The van der Waals surface area contributed by atoms with Crippen LogP contribution in [-0.4, -0.2) is 25.3 Å². The first kappa shape index (κ1) is 16.0. The number of aryl methyl sites for hydroxylation is 2. The van der Waals surface area contributed by atoms with Gasteiger partial charge in [-0.3, -0.25) is 0 Å². The maximum atomic E-state index is 13.0. The number of benzene rings is 1. The van der Waals surface area contributed by atoms with Gasteiger partial charge >= 0.3 is 0 Å². The Balaban J connectivity index is 2.58. The summed E-state index contributed by atoms with van der Waals surface area (Å²) in [6, 6.07) is 2.03. The lowest BCUT2D eigenvalue weighted by molar-refractivity contribution is 0.268. The summed E-state index contributed by atoms with van der Waals surface area (Å²) in [5, 5.41) is 0. The molecule has 1 aromatic carbocycles. The molecule has 112 valence electrons. The standard InChI is InChI=1S/C15H22BrNO2S/c1-10-9-11(2)15(13(4)14(10)16)20(18,19)17-8-6-5-7-12(17)3/h9,12H,5-8H2,1-4H3/t12-/m1/s1. The Hall–Kier alpha value is -0.390. The van der Waals surface area contributed by atoms with Gasteiger partial charge in [0.05, 0.1) is 4.90 Å². The van der Waals surface area contributed by atoms with E-state index in [1.54, 1.807) is 4.31 Å². The van der Waals surface area contributed by atoms with Crippen molar-refractivity contribution in [1.82, 2.24) is 4.31 Å². The molecule has 0 saturated carbocycles. The second kappa shape index (κ2) is 5.78. The summed E-state index contributed by atoms with van der Waals surface area (Å²) in [5.41, 5.74) is 2.73. The van der Waals surface area contributed by atoms with Crippen molar-refractivity contribution in [2.24, 2.45) is 0 Å². The molecule has 0 aromatic heterocycles. The molecular formula is C15H22BrNO2S. The number of piperidine rings is 1. The lowest BCUT2D eigenvalue weighted by Gasteiger charge is -2.33. The molecule has 0 amide bonds. The third-order valence-corrected chi connectivity index (χ3v) is 7.64. The van der Waals surface area contributed by atoms with E-state index in [2.05, 4.69) is 15.9 Å². The van der Waals surface area contributed by atoms with Crippen LogP contribution in [0.3, 0.4) is 0 Å². The fourth-order valence-electron chi connectivity index (χ4n) is 3.09. The number of halogens is 1. The minimum absolute atomic E-state index is 0.0904. The van der Waals surface area contributed by atoms with Gasteiger partial charge in [-0.25, -0.2) is 8.42 Å². The summed E-state index contributed by atoms with van der Waals surface area (Å²) < 4.78 is 28.6. The van der Waals surface area contributed by atoms with E-state index in [0.717, 1.165) is 40.4 Å². The van der Waals surface area contributed by atoms with E-state index in [-0.39, 0.29) is 6.04 Å². The Morgan fingerprint density at radius 1 is 1.20 bits per heavy atom. The topological polar surface area (TPSA) is 37.4 Å². The number of sulfonamides is 1. The predicted molar refractivity (Wildman–Crippen MR) is 85.6 cm³/mol. The molecule has 20 heavy (non-hydrogen) atoms. The van der Waals surface area contributed by atoms with Crippen LogP contribution in [0.1, 0.15) is 42.9 Å². The van der Waals surface area contributed by atoms with Gasteiger partial charge in [0.15, 0.2) is 0 Å². The molecule has 3 nitrogen and oxygen atoms in total. The van der Waals surface area contributed by atoms with Crippen molar-refractivity contribution in [2.75, 3.05) is 6.54 Å². The highest BCUT2D eigenvalue weighted by atomic mass is 79.9. The van der Waals surface area contributed by atoms with Crippen LogP contribution < -0.4 is 0 Å². The number of nitrogens with zero attached hydrogens (tertiary/aromatic N) is 1. The molecule has 0 radical (unpaired) electrons. The highest BCUT2D eigenvalue weighted by Crippen LogP contribution is 2.34. The Morgan fingerprint density at radius 2 is 1.85 bits per heavy atom. The maximum absolute atomic E-state index is 13.0. The molecule has 1 heterocycles. The quantitative estimate of drug-likeness (QED) is 0.801. The Labute approximate surface area is 130 Å². The highest BCUT2D eigenvalue weighted by Gasteiger charge is 2.33. The molecule has 1 aliphatic heterocycles. The summed E-state index contributed by atoms with van der Waals surface area (Å²) in [4.78, 5) is 0.476. The maximum Gasteiger partial charge on any atom is 0.243 e. The second-order valence-electron chi connectivity index (χ2n) is 5.74. The number of hydrogen-bond donors (Lipinski definition) is 0. The summed E-state index contributed by atoms with van der Waals surface area (Å²) in [6.07, 6.45) is 3.02. The zero-order chi connectivity index (χ0) is 15.1. The van der Waals surface area contributed by atoms with Gasteiger partial charge in [0.1, 0.15) is 0 Å². The summed E-state index contributed by atoms with van der Waals surface area (Å²) >= 11 is 3.51. The van der Waals surface area contributed by atoms with Crippen molar-refractivity contribution in [3.05, 3.63) is 27.2 Å². The smallest absolute Gasteiger partial charge is 0.207 e. The van der Waals surface area contributed by atoms with E-state index in [1.165, 1.54) is 0 Å². The van der Waals surface area contributed by atoms with Gasteiger partial charge in [0, 0.05) is 17.1 Å². The molecule has 0 unspecified atom stereocenters. The summed E-state index contributed by atoms with van der Waals surface area (Å²) in [7, 11) is -3.41. The predicted octanol–water partition coefficient (Wildman–Crippen LogP) is 3.94. The van der Waals surface area contributed by atoms with Crippen molar-refractivity contribution in [1.29, 1.82) is 0 Å². The molecule has 1 aliphatic rings. The fourth-order valence-corrected chi connectivity index (χ4v) is 5.67. The average Bonchev–Trinajstić information content (AvgIpc) is 2.36. The van der Waals surface area contributed by atoms with Gasteiger partial charge in [-0.2, -0.15) is 4.31 Å². The van der Waals surface area contributed by atoms with Crippen LogP contribution in [0.2, 0.25) is 0 Å². The van der Waals surface area contributed by atoms with E-state index in [4.69, 9.17) is 0 Å². The average molecular weight is 360 g/mol. The van der Waals surface area contributed by atoms with Crippen molar-refractivity contribution >= 4 is 26.0 Å². The van der Waals surface area contributed by atoms with Gasteiger partial charge < -0.3 is 0 Å². The molecular weight excluding hydrogens is 338 g/mol. The molecule has 5 heteroatoms. The molecule has 1 aromatic rings. The van der Waals surface area contributed by atoms with Crippen LogP contribution in [0.15, 0.2) is 15.4 Å². The van der Waals surface area contributed by atoms with Crippen LogP contribution in [0.4, 0.5) is 0 Å². The van der Waals surface area contributed by atoms with Crippen LogP contribution in [-0.2, 0) is 10.0 Å². The highest BCUT2D eigenvalue weighted by molar-refractivity contribution is 9.10. The molecule has 0 N–H and O–H groups in total. The van der Waals surface area contributed by atoms with Crippen LogP contribution >= 0.6 is 15.9 Å². The molecule has 0 bridgehead atoms. The first-order valence-corrected chi connectivity index (χ1v) is 9.28. The third-order valence-electron chi connectivity index (χ3n) is 4.12. The van der Waals surface area contributed by atoms with E-state index >= 15 is 0 Å². The first-order chi connectivity index (χ1) is 9.26. The van der Waals surface area contributed by atoms with Crippen LogP contribution in [0.5, 0.6) is 0 Å². The molecule has 0 spiro atoms. The van der Waals surface area contributed by atoms with Crippen LogP contribution in [0, 0.1) is 20.8 Å². The van der Waals surface area contributed by atoms with Gasteiger partial charge in [-0.1, -0.05) is 28.4 Å². The van der Waals surface area contributed by atoms with Gasteiger partial charge in [0.2, 0.25) is 10.0 Å². The molecule has 0 aliphatic carbocycles. The van der Waals surface area contributed by atoms with Crippen molar-refractivity contribution in [2.45, 2.75) is 57.9 Å². The lowest BCUT2D eigenvalue weighted by atomic mass is 10.1. The van der Waals surface area contributed by atoms with Crippen LogP contribution in [0.25, 0.3) is 0 Å². The Bertz CT molecular complexity index is 625. The number of hydrogen-bond acceptors (Lipinski definition) is 2. The monoisotopic (exact) mass is 359 g/mol. The van der Waals surface area contributed by atoms with E-state index < -0.39 is 10.0 Å². The van der Waals surface area contributed by atoms with Crippen molar-refractivity contribution in [3.63, 3.8) is 0 Å². The van der Waals surface area contributed by atoms with Crippen molar-refractivity contribution < 1.29 is 8.42 Å². The minimum Gasteiger partial charge on any atom is -0.207 e. The fraction of sp³-hybridized carbons (Fsp3) is 0.600. The first-order valence-electron chi connectivity index (χ1n) is 7.05. The lowest BCUT2D eigenvalue weighted by Crippen LogP contribution is -2.42. The third kappa shape index (κ3) is 2.68. The molecule has 1 fully saturated rings. The SMILES string of the molecule is Cc1cc(C)c(S(=O)(=O)N2CCCC[C@H]2C)c(C)c1Br. The minimum atomic E-state index is -3.41. The second-order valence-corrected chi connectivity index (χ2v) is 8.36. The largest absolute Gasteiger partial charge is 0.243 e. The Kier molecular flexibility index (Phi) is 4.62. The summed E-state index contributed by atoms with van der Waals surface area (Å²) in [6.45, 7) is 8.39. The molecule has 1 atom stereocenters. The van der Waals surface area contributed by atoms with E-state index in [0.29, 0.717) is 11.4 Å². The summed E-state index contributed by atoms with van der Waals surface area (Å²) in [5.74, 6) is 0. The van der Waals surface area contributed by atoms with Crippen molar-refractivity contribution in [3.8, 4) is 0 Å². The van der Waals surface area contributed by atoms with E-state index in [1.807, 2.05) is 33.8 Å². The number of rotatable bonds is 2. The zero-order valence-electron chi connectivity index (χ0n) is 12.5. The molecule has 2 rings (SSSR count). The van der Waals surface area contributed by atoms with Gasteiger partial charge in [-0.05, 0) is 57.2 Å².